The zero-order chi connectivity index (χ0) is 24.7. The van der Waals surface area contributed by atoms with Gasteiger partial charge in [0.1, 0.15) is 11.5 Å². The summed E-state index contributed by atoms with van der Waals surface area (Å²) in [6, 6.07) is 4.64. The topological polar surface area (TPSA) is 127 Å². The fourth-order valence-corrected chi connectivity index (χ4v) is 4.77. The Morgan fingerprint density at radius 1 is 0.697 bits per heavy atom. The van der Waals surface area contributed by atoms with E-state index < -0.39 is 26.5 Å². The van der Waals surface area contributed by atoms with Crippen LogP contribution in [0.3, 0.4) is 0 Å². The zero-order valence-corrected chi connectivity index (χ0v) is 21.5. The molecule has 0 bridgehead atoms. The van der Waals surface area contributed by atoms with Gasteiger partial charge in [-0.25, -0.2) is 8.37 Å². The number of hydrogen-bond acceptors (Lipinski definition) is 8. The van der Waals surface area contributed by atoms with Gasteiger partial charge in [-0.15, -0.1) is 0 Å². The average Bonchev–Trinajstić information content (AvgIpc) is 2.68. The van der Waals surface area contributed by atoms with Crippen LogP contribution >= 0.6 is 0 Å². The van der Waals surface area contributed by atoms with E-state index in [9.17, 15) is 27.0 Å². The number of unbranched alkanes of at least 4 members (excludes halogenated alkanes) is 11. The third kappa shape index (κ3) is 16.8. The number of aryl methyl sites for hydroxylation is 1. The molecule has 0 unspecified atom stereocenters. The predicted molar refractivity (Wildman–Crippen MR) is 129 cm³/mol. The lowest BCUT2D eigenvalue weighted by atomic mass is 10.0. The monoisotopic (exact) mass is 508 g/mol. The van der Waals surface area contributed by atoms with Crippen LogP contribution in [0.4, 0.5) is 0 Å². The van der Waals surface area contributed by atoms with Gasteiger partial charge in [-0.05, 0) is 43.0 Å². The third-order valence-corrected chi connectivity index (χ3v) is 6.39. The highest BCUT2D eigenvalue weighted by Crippen LogP contribution is 2.24. The van der Waals surface area contributed by atoms with Crippen LogP contribution in [0.1, 0.15) is 89.0 Å². The second-order valence-electron chi connectivity index (χ2n) is 8.62. The molecular weight excluding hydrogens is 468 g/mol. The summed E-state index contributed by atoms with van der Waals surface area (Å²) in [6.45, 7) is 0. The second-order valence-corrected chi connectivity index (χ2v) is 11.8. The lowest BCUT2D eigenvalue weighted by Gasteiger charge is -2.15. The van der Waals surface area contributed by atoms with Crippen LogP contribution in [0.2, 0.25) is 0 Å². The first-order valence-electron chi connectivity index (χ1n) is 11.7. The quantitative estimate of drug-likeness (QED) is 0.116. The Kier molecular flexibility index (Phi) is 14.0. The van der Waals surface area contributed by atoms with Crippen molar-refractivity contribution in [2.24, 2.45) is 0 Å². The molecule has 0 fully saturated rings. The van der Waals surface area contributed by atoms with Crippen molar-refractivity contribution in [2.75, 3.05) is 12.5 Å². The average molecular weight is 509 g/mol. The van der Waals surface area contributed by atoms with Crippen molar-refractivity contribution in [2.45, 2.75) is 96.2 Å². The highest BCUT2D eigenvalue weighted by Gasteiger charge is 2.20. The Morgan fingerprint density at radius 2 is 1.12 bits per heavy atom. The Balaban J connectivity index is 1.98. The van der Waals surface area contributed by atoms with Crippen molar-refractivity contribution in [3.63, 3.8) is 0 Å². The van der Waals surface area contributed by atoms with Gasteiger partial charge < -0.3 is 10.2 Å². The largest absolute Gasteiger partial charge is 0.508 e. The van der Waals surface area contributed by atoms with Crippen molar-refractivity contribution < 1.29 is 35.4 Å². The van der Waals surface area contributed by atoms with E-state index in [4.69, 9.17) is 8.37 Å². The van der Waals surface area contributed by atoms with Crippen LogP contribution in [0.25, 0.3) is 0 Å². The van der Waals surface area contributed by atoms with E-state index in [-0.39, 0.29) is 17.9 Å². The summed E-state index contributed by atoms with van der Waals surface area (Å²) < 4.78 is 54.3. The highest BCUT2D eigenvalue weighted by molar-refractivity contribution is 7.86. The summed E-state index contributed by atoms with van der Waals surface area (Å²) in [4.78, 5) is 0. The lowest BCUT2D eigenvalue weighted by molar-refractivity contribution is 0.0103. The van der Waals surface area contributed by atoms with E-state index in [0.717, 1.165) is 63.0 Å². The molecule has 10 heteroatoms. The van der Waals surface area contributed by atoms with Crippen molar-refractivity contribution in [1.82, 2.24) is 0 Å². The molecule has 0 spiro atoms. The minimum absolute atomic E-state index is 0.189. The first-order chi connectivity index (χ1) is 15.5. The maximum absolute atomic E-state index is 11.2. The first-order valence-corrected chi connectivity index (χ1v) is 15.4. The fraction of sp³-hybridized carbons (Fsp3) is 0.739. The molecule has 0 heterocycles. The first kappa shape index (κ1) is 29.7. The van der Waals surface area contributed by atoms with Crippen LogP contribution in [0.5, 0.6) is 11.5 Å². The smallest absolute Gasteiger partial charge is 0.266 e. The van der Waals surface area contributed by atoms with Gasteiger partial charge in [0.15, 0.2) is 6.29 Å². The number of aromatic hydroxyl groups is 2. The molecule has 1 rings (SSSR count). The van der Waals surface area contributed by atoms with E-state index in [1.807, 2.05) is 0 Å². The van der Waals surface area contributed by atoms with Crippen molar-refractivity contribution >= 4 is 20.2 Å². The second kappa shape index (κ2) is 15.5. The van der Waals surface area contributed by atoms with Gasteiger partial charge in [-0.2, -0.15) is 16.8 Å². The Morgan fingerprint density at radius 3 is 1.58 bits per heavy atom. The number of phenols is 2. The van der Waals surface area contributed by atoms with Crippen molar-refractivity contribution in [3.05, 3.63) is 23.8 Å². The van der Waals surface area contributed by atoms with E-state index in [1.165, 1.54) is 44.2 Å². The van der Waals surface area contributed by atoms with Gasteiger partial charge in [0.2, 0.25) is 0 Å². The molecule has 0 atom stereocenters. The molecule has 0 aromatic heterocycles. The summed E-state index contributed by atoms with van der Waals surface area (Å²) in [5.74, 6) is 0.436. The van der Waals surface area contributed by atoms with E-state index in [1.54, 1.807) is 6.07 Å². The molecule has 0 aliphatic rings. The normalized spacial score (nSPS) is 12.5. The molecule has 0 radical (unpaired) electrons. The summed E-state index contributed by atoms with van der Waals surface area (Å²) >= 11 is 0. The summed E-state index contributed by atoms with van der Waals surface area (Å²) in [6.07, 6.45) is 14.3. The number of phenolic OH excluding ortho intramolecular Hbond substituents is 2. The van der Waals surface area contributed by atoms with Crippen LogP contribution in [-0.4, -0.2) is 45.9 Å². The molecule has 0 saturated carbocycles. The molecule has 0 amide bonds. The van der Waals surface area contributed by atoms with Gasteiger partial charge in [0.25, 0.3) is 20.2 Å². The summed E-state index contributed by atoms with van der Waals surface area (Å²) in [5, 5.41) is 19.2. The Bertz CT molecular complexity index is 848. The Hall–Kier alpha value is -1.36. The molecule has 0 aliphatic carbocycles. The number of benzene rings is 1. The molecule has 0 aliphatic heterocycles. The molecule has 0 saturated heterocycles. The predicted octanol–water partition coefficient (Wildman–Crippen LogP) is 4.99. The van der Waals surface area contributed by atoms with Crippen LogP contribution < -0.4 is 0 Å². The van der Waals surface area contributed by atoms with Crippen LogP contribution in [0, 0.1) is 0 Å². The third-order valence-electron chi connectivity index (χ3n) is 5.26. The van der Waals surface area contributed by atoms with Crippen LogP contribution in [0.15, 0.2) is 18.2 Å². The maximum atomic E-state index is 11.2. The lowest BCUT2D eigenvalue weighted by Crippen LogP contribution is -2.23. The van der Waals surface area contributed by atoms with E-state index >= 15 is 0 Å². The SMILES string of the molecule is CS(=O)(=O)OC(CCCCCCCCCCCCCCc1cc(O)ccc1O)OS(C)(=O)=O. The maximum Gasteiger partial charge on any atom is 0.266 e. The van der Waals surface area contributed by atoms with Crippen molar-refractivity contribution in [3.8, 4) is 11.5 Å². The number of rotatable bonds is 19. The number of hydrogen-bond donors (Lipinski definition) is 2. The molecule has 2 N–H and O–H groups in total. The molecule has 8 nitrogen and oxygen atoms in total. The fourth-order valence-electron chi connectivity index (χ4n) is 3.67. The van der Waals surface area contributed by atoms with Crippen LogP contribution in [-0.2, 0) is 35.0 Å². The van der Waals surface area contributed by atoms with E-state index in [2.05, 4.69) is 0 Å². The van der Waals surface area contributed by atoms with Gasteiger partial charge in [0.05, 0.1) is 12.5 Å². The molecule has 1 aromatic rings. The minimum Gasteiger partial charge on any atom is -0.508 e. The molecular formula is C23H40O8S2. The van der Waals surface area contributed by atoms with Gasteiger partial charge in [-0.1, -0.05) is 64.2 Å². The van der Waals surface area contributed by atoms with Gasteiger partial charge in [-0.3, -0.25) is 0 Å². The summed E-state index contributed by atoms with van der Waals surface area (Å²) in [7, 11) is -7.58. The standard InChI is InChI=1S/C23H40O8S2/c1-32(26,27)30-23(31-33(2,28)29)16-14-12-10-8-6-4-3-5-7-9-11-13-15-20-19-21(24)17-18-22(20)25/h17-19,23-25H,3-16H2,1-2H3. The molecule has 1 aromatic carbocycles. The Labute approximate surface area is 199 Å². The highest BCUT2D eigenvalue weighted by atomic mass is 32.2. The summed E-state index contributed by atoms with van der Waals surface area (Å²) in [5.41, 5.74) is 0.802. The minimum atomic E-state index is -3.79. The van der Waals surface area contributed by atoms with Gasteiger partial charge in [0, 0.05) is 6.42 Å². The molecule has 33 heavy (non-hydrogen) atoms. The molecule has 192 valence electrons. The zero-order valence-electron chi connectivity index (χ0n) is 19.9. The van der Waals surface area contributed by atoms with Gasteiger partial charge >= 0.3 is 0 Å². The van der Waals surface area contributed by atoms with Crippen molar-refractivity contribution in [1.29, 1.82) is 0 Å². The van der Waals surface area contributed by atoms with E-state index in [0.29, 0.717) is 6.42 Å².